The highest BCUT2D eigenvalue weighted by atomic mass is 16.5. The van der Waals surface area contributed by atoms with Crippen LogP contribution in [0.1, 0.15) is 36.4 Å². The molecular weight excluding hydrogens is 310 g/mol. The second-order valence-electron chi connectivity index (χ2n) is 6.41. The van der Waals surface area contributed by atoms with E-state index in [1.807, 2.05) is 50.3 Å². The molecule has 4 nitrogen and oxygen atoms in total. The highest BCUT2D eigenvalue weighted by molar-refractivity contribution is 5.91. The molecule has 2 aromatic carbocycles. The van der Waals surface area contributed by atoms with Gasteiger partial charge in [0.05, 0.1) is 22.7 Å². The zero-order chi connectivity index (χ0) is 18.0. The predicted molar refractivity (Wildman–Crippen MR) is 101 cm³/mol. The fourth-order valence-electron chi connectivity index (χ4n) is 2.67. The van der Waals surface area contributed by atoms with Crippen molar-refractivity contribution in [3.05, 3.63) is 58.9 Å². The Kier molecular flexibility index (Phi) is 4.58. The van der Waals surface area contributed by atoms with Gasteiger partial charge in [0.25, 0.3) is 0 Å². The molecule has 0 amide bonds. The Labute approximate surface area is 147 Å². The summed E-state index contributed by atoms with van der Waals surface area (Å²) in [6.07, 6.45) is 1.88. The number of nitriles is 1. The van der Waals surface area contributed by atoms with Crippen LogP contribution in [0.3, 0.4) is 0 Å². The van der Waals surface area contributed by atoms with Crippen LogP contribution in [0, 0.1) is 25.2 Å². The first-order valence-corrected chi connectivity index (χ1v) is 8.32. The van der Waals surface area contributed by atoms with Gasteiger partial charge in [-0.25, -0.2) is 4.98 Å². The van der Waals surface area contributed by atoms with Crippen LogP contribution in [-0.2, 0) is 0 Å². The van der Waals surface area contributed by atoms with E-state index < -0.39 is 0 Å². The van der Waals surface area contributed by atoms with Gasteiger partial charge < -0.3 is 9.72 Å². The van der Waals surface area contributed by atoms with Gasteiger partial charge in [0.15, 0.2) is 0 Å². The zero-order valence-electron chi connectivity index (χ0n) is 14.9. The number of nitrogens with zero attached hydrogens (tertiary/aromatic N) is 2. The summed E-state index contributed by atoms with van der Waals surface area (Å²) >= 11 is 0. The Morgan fingerprint density at radius 1 is 1.20 bits per heavy atom. The summed E-state index contributed by atoms with van der Waals surface area (Å²) in [5.41, 5.74) is 5.52. The molecule has 0 unspecified atom stereocenters. The molecule has 3 rings (SSSR count). The van der Waals surface area contributed by atoms with Crippen LogP contribution in [-0.4, -0.2) is 16.1 Å². The lowest BCUT2D eigenvalue weighted by Gasteiger charge is -2.12. The normalized spacial score (nSPS) is 11.8. The van der Waals surface area contributed by atoms with Crippen LogP contribution < -0.4 is 4.74 Å². The molecule has 0 aliphatic carbocycles. The Bertz CT molecular complexity index is 951. The number of aryl methyl sites for hydroxylation is 2. The Balaban J connectivity index is 2.06. The minimum absolute atomic E-state index is 0.0669. The number of allylic oxidation sites excluding steroid dienone is 1. The number of nitrogens with one attached hydrogen (secondary N) is 1. The third-order valence-electron chi connectivity index (χ3n) is 4.05. The van der Waals surface area contributed by atoms with Gasteiger partial charge in [-0.05, 0) is 63.1 Å². The number of rotatable bonds is 4. The summed E-state index contributed by atoms with van der Waals surface area (Å²) < 4.78 is 5.83. The SMILES string of the molecule is Cc1cc2nc(C(C#N)=Cc3ccccc3OC(C)C)[nH]c2cc1C. The van der Waals surface area contributed by atoms with Crippen LogP contribution in [0.5, 0.6) is 5.75 Å². The lowest BCUT2D eigenvalue weighted by molar-refractivity contribution is 0.242. The second-order valence-corrected chi connectivity index (χ2v) is 6.41. The molecule has 3 aromatic rings. The van der Waals surface area contributed by atoms with Crippen LogP contribution in [0.25, 0.3) is 22.7 Å². The number of hydrogen-bond donors (Lipinski definition) is 1. The highest BCUT2D eigenvalue weighted by Crippen LogP contribution is 2.26. The molecule has 0 radical (unpaired) electrons. The number of aromatic nitrogens is 2. The van der Waals surface area contributed by atoms with Crippen molar-refractivity contribution in [2.75, 3.05) is 0 Å². The van der Waals surface area contributed by atoms with E-state index in [1.54, 1.807) is 0 Å². The monoisotopic (exact) mass is 331 g/mol. The van der Waals surface area contributed by atoms with Gasteiger partial charge in [-0.3, -0.25) is 0 Å². The standard InChI is InChI=1S/C21H21N3O/c1-13(2)25-20-8-6-5-7-16(20)11-17(12-22)21-23-18-9-14(3)15(4)10-19(18)24-21/h5-11,13H,1-4H3,(H,23,24). The molecule has 0 saturated heterocycles. The van der Waals surface area contributed by atoms with E-state index in [0.29, 0.717) is 11.4 Å². The molecule has 1 heterocycles. The van der Waals surface area contributed by atoms with E-state index in [1.165, 1.54) is 11.1 Å². The Morgan fingerprint density at radius 3 is 2.64 bits per heavy atom. The van der Waals surface area contributed by atoms with Gasteiger partial charge in [-0.1, -0.05) is 18.2 Å². The molecule has 0 aliphatic rings. The Hall–Kier alpha value is -3.06. The van der Waals surface area contributed by atoms with Crippen molar-refractivity contribution in [2.45, 2.75) is 33.8 Å². The topological polar surface area (TPSA) is 61.7 Å². The maximum Gasteiger partial charge on any atom is 0.149 e. The summed E-state index contributed by atoms with van der Waals surface area (Å²) in [6.45, 7) is 8.09. The first-order chi connectivity index (χ1) is 12.0. The van der Waals surface area contributed by atoms with Crippen molar-refractivity contribution in [2.24, 2.45) is 0 Å². The maximum atomic E-state index is 9.63. The number of fused-ring (bicyclic) bond motifs is 1. The smallest absolute Gasteiger partial charge is 0.149 e. The van der Waals surface area contributed by atoms with E-state index >= 15 is 0 Å². The van der Waals surface area contributed by atoms with E-state index in [9.17, 15) is 5.26 Å². The van der Waals surface area contributed by atoms with Gasteiger partial charge in [0.2, 0.25) is 0 Å². The van der Waals surface area contributed by atoms with Crippen molar-refractivity contribution >= 4 is 22.7 Å². The average Bonchev–Trinajstić information content (AvgIpc) is 2.96. The van der Waals surface area contributed by atoms with Crippen LogP contribution >= 0.6 is 0 Å². The molecule has 0 bridgehead atoms. The minimum atomic E-state index is 0.0669. The third kappa shape index (κ3) is 3.56. The second kappa shape index (κ2) is 6.82. The van der Waals surface area contributed by atoms with Crippen molar-refractivity contribution in [3.8, 4) is 11.8 Å². The van der Waals surface area contributed by atoms with Gasteiger partial charge in [-0.15, -0.1) is 0 Å². The predicted octanol–water partition coefficient (Wildman–Crippen LogP) is 5.03. The minimum Gasteiger partial charge on any atom is -0.490 e. The molecule has 1 N–H and O–H groups in total. The number of hydrogen-bond acceptors (Lipinski definition) is 3. The molecule has 25 heavy (non-hydrogen) atoms. The lowest BCUT2D eigenvalue weighted by Crippen LogP contribution is -2.06. The Morgan fingerprint density at radius 2 is 1.92 bits per heavy atom. The molecule has 0 fully saturated rings. The maximum absolute atomic E-state index is 9.63. The number of imidazole rings is 1. The van der Waals surface area contributed by atoms with Gasteiger partial charge in [-0.2, -0.15) is 5.26 Å². The van der Waals surface area contributed by atoms with E-state index in [-0.39, 0.29) is 6.10 Å². The van der Waals surface area contributed by atoms with E-state index in [2.05, 4.69) is 36.0 Å². The van der Waals surface area contributed by atoms with Crippen molar-refractivity contribution in [1.29, 1.82) is 5.26 Å². The summed E-state index contributed by atoms with van der Waals surface area (Å²) in [5, 5.41) is 9.63. The fourth-order valence-corrected chi connectivity index (χ4v) is 2.67. The van der Waals surface area contributed by atoms with Crippen LogP contribution in [0.15, 0.2) is 36.4 Å². The number of aromatic amines is 1. The van der Waals surface area contributed by atoms with Gasteiger partial charge in [0, 0.05) is 5.56 Å². The van der Waals surface area contributed by atoms with Crippen molar-refractivity contribution in [1.82, 2.24) is 9.97 Å². The third-order valence-corrected chi connectivity index (χ3v) is 4.05. The molecular formula is C21H21N3O. The number of benzene rings is 2. The number of para-hydroxylation sites is 1. The van der Waals surface area contributed by atoms with E-state index in [4.69, 9.17) is 4.74 Å². The van der Waals surface area contributed by atoms with Crippen molar-refractivity contribution in [3.63, 3.8) is 0 Å². The molecule has 0 spiro atoms. The molecule has 4 heteroatoms. The fraction of sp³-hybridized carbons (Fsp3) is 0.238. The quantitative estimate of drug-likeness (QED) is 0.682. The van der Waals surface area contributed by atoms with Gasteiger partial charge >= 0.3 is 0 Å². The average molecular weight is 331 g/mol. The van der Waals surface area contributed by atoms with Crippen LogP contribution in [0.2, 0.25) is 0 Å². The summed E-state index contributed by atoms with van der Waals surface area (Å²) in [4.78, 5) is 7.84. The molecule has 0 atom stereocenters. The molecule has 0 aliphatic heterocycles. The zero-order valence-corrected chi connectivity index (χ0v) is 14.9. The highest BCUT2D eigenvalue weighted by Gasteiger charge is 2.11. The summed E-state index contributed by atoms with van der Waals surface area (Å²) in [5.74, 6) is 1.33. The number of ether oxygens (including phenoxy) is 1. The lowest BCUT2D eigenvalue weighted by atomic mass is 10.1. The van der Waals surface area contributed by atoms with Crippen LogP contribution in [0.4, 0.5) is 0 Å². The molecule has 126 valence electrons. The summed E-state index contributed by atoms with van der Waals surface area (Å²) in [6, 6.07) is 14.0. The summed E-state index contributed by atoms with van der Waals surface area (Å²) in [7, 11) is 0. The van der Waals surface area contributed by atoms with Crippen molar-refractivity contribution < 1.29 is 4.74 Å². The largest absolute Gasteiger partial charge is 0.490 e. The van der Waals surface area contributed by atoms with Gasteiger partial charge in [0.1, 0.15) is 17.6 Å². The first kappa shape index (κ1) is 16.8. The molecule has 0 saturated carbocycles. The van der Waals surface area contributed by atoms with E-state index in [0.717, 1.165) is 22.3 Å². The first-order valence-electron chi connectivity index (χ1n) is 8.32. The number of H-pyrrole nitrogens is 1. The molecule has 1 aromatic heterocycles.